The molecular weight excluding hydrogens is 949 g/mol. The molecule has 1 amide bonds. The SMILES string of the molecule is CC(C)c1ccccc1[C@@H]1COCCN1C1CC2(CCN(c3ccc(C(=O)NS(=O)(=O)c4ccc(NC[C@H]5CC[C@](C)(O)CC5)c([N+](=O)[O-])c4)c(N4C[C@H]5COCC[C@@H]5Oc5nc6[nH]ccc6cc54)c3)CC2)C1. The second kappa shape index (κ2) is 19.8. The number of pyridine rings is 1. The number of anilines is 4. The van der Waals surface area contributed by atoms with Gasteiger partial charge in [0.05, 0.1) is 59.1 Å². The van der Waals surface area contributed by atoms with Gasteiger partial charge >= 0.3 is 0 Å². The Kier molecular flexibility index (Phi) is 13.4. The van der Waals surface area contributed by atoms with Gasteiger partial charge in [-0.1, -0.05) is 38.1 Å². The van der Waals surface area contributed by atoms with Crippen LogP contribution in [0.3, 0.4) is 0 Å². The van der Waals surface area contributed by atoms with Gasteiger partial charge in [0, 0.05) is 74.4 Å². The third-order valence-corrected chi connectivity index (χ3v) is 18.3. The van der Waals surface area contributed by atoms with E-state index in [0.29, 0.717) is 87.0 Å². The maximum Gasteiger partial charge on any atom is 0.293 e. The van der Waals surface area contributed by atoms with Gasteiger partial charge in [0.15, 0.2) is 0 Å². The van der Waals surface area contributed by atoms with Crippen LogP contribution < -0.4 is 24.6 Å². The molecule has 3 atom stereocenters. The number of H-pyrrole nitrogens is 1. The van der Waals surface area contributed by atoms with Crippen molar-refractivity contribution in [1.29, 1.82) is 0 Å². The molecule has 73 heavy (non-hydrogen) atoms. The lowest BCUT2D eigenvalue weighted by Crippen LogP contribution is -2.58. The predicted molar refractivity (Wildman–Crippen MR) is 279 cm³/mol. The summed E-state index contributed by atoms with van der Waals surface area (Å²) in [6.45, 7) is 12.2. The number of hydrogen-bond acceptors (Lipinski definition) is 14. The molecule has 3 aromatic carbocycles. The molecule has 11 rings (SSSR count). The molecule has 2 aliphatic carbocycles. The number of aromatic amines is 1. The van der Waals surface area contributed by atoms with E-state index in [1.165, 1.54) is 23.3 Å². The van der Waals surface area contributed by atoms with Crippen LogP contribution in [0.25, 0.3) is 11.0 Å². The number of aliphatic hydroxyl groups is 1. The van der Waals surface area contributed by atoms with Gasteiger partial charge in [-0.05, 0) is 129 Å². The topological polar surface area (TPSA) is 205 Å². The molecule has 5 fully saturated rings. The molecule has 17 nitrogen and oxygen atoms in total. The Morgan fingerprint density at radius 2 is 1.73 bits per heavy atom. The lowest BCUT2D eigenvalue weighted by atomic mass is 9.59. The molecule has 2 saturated carbocycles. The summed E-state index contributed by atoms with van der Waals surface area (Å²) in [5, 5.41) is 26.8. The van der Waals surface area contributed by atoms with Crippen molar-refractivity contribution in [2.45, 2.75) is 113 Å². The molecule has 0 unspecified atom stereocenters. The van der Waals surface area contributed by atoms with E-state index in [2.05, 4.69) is 62.9 Å². The second-order valence-electron chi connectivity index (χ2n) is 22.2. The van der Waals surface area contributed by atoms with Gasteiger partial charge in [0.1, 0.15) is 23.1 Å². The number of carbonyl (C=O) groups is 1. The number of hydrogen-bond donors (Lipinski definition) is 4. The van der Waals surface area contributed by atoms with Crippen molar-refractivity contribution < 1.29 is 37.5 Å². The zero-order valence-corrected chi connectivity index (χ0v) is 42.9. The minimum absolute atomic E-state index is 0.100. The van der Waals surface area contributed by atoms with Crippen LogP contribution in [0.5, 0.6) is 5.88 Å². The van der Waals surface area contributed by atoms with Gasteiger partial charge in [0.2, 0.25) is 5.88 Å². The van der Waals surface area contributed by atoms with Crippen molar-refractivity contribution in [2.24, 2.45) is 17.3 Å². The van der Waals surface area contributed by atoms with E-state index in [4.69, 9.17) is 19.2 Å². The molecule has 3 saturated heterocycles. The lowest BCUT2D eigenvalue weighted by molar-refractivity contribution is -0.384. The first-order chi connectivity index (χ1) is 35.1. The molecule has 0 bridgehead atoms. The highest BCUT2D eigenvalue weighted by Crippen LogP contribution is 2.54. The summed E-state index contributed by atoms with van der Waals surface area (Å²) in [5.41, 5.74) is 4.85. The maximum atomic E-state index is 14.7. The number of fused-ring (bicyclic) bond motifs is 3. The van der Waals surface area contributed by atoms with Crippen LogP contribution in [-0.2, 0) is 19.5 Å². The van der Waals surface area contributed by atoms with Crippen LogP contribution in [0.2, 0.25) is 0 Å². The number of aromatic nitrogens is 2. The number of amides is 1. The summed E-state index contributed by atoms with van der Waals surface area (Å²) in [4.78, 5) is 41.3. The summed E-state index contributed by atoms with van der Waals surface area (Å²) < 4.78 is 49.5. The van der Waals surface area contributed by atoms with Crippen LogP contribution in [0, 0.1) is 27.4 Å². The predicted octanol–water partition coefficient (Wildman–Crippen LogP) is 8.82. The number of nitro benzene ring substituents is 1. The van der Waals surface area contributed by atoms with Crippen molar-refractivity contribution in [3.63, 3.8) is 0 Å². The minimum Gasteiger partial charge on any atom is -0.472 e. The lowest BCUT2D eigenvalue weighted by Gasteiger charge is -2.57. The molecule has 388 valence electrons. The van der Waals surface area contributed by atoms with Gasteiger partial charge < -0.3 is 39.4 Å². The number of morpholine rings is 1. The molecule has 5 aromatic rings. The van der Waals surface area contributed by atoms with Crippen molar-refractivity contribution in [3.05, 3.63) is 106 Å². The molecule has 0 radical (unpaired) electrons. The van der Waals surface area contributed by atoms with Gasteiger partial charge in [0.25, 0.3) is 21.6 Å². The molecular formula is C55H68N8O9S. The van der Waals surface area contributed by atoms with Gasteiger partial charge in [-0.15, -0.1) is 0 Å². The molecule has 18 heteroatoms. The third-order valence-electron chi connectivity index (χ3n) is 17.0. The highest BCUT2D eigenvalue weighted by molar-refractivity contribution is 7.90. The minimum atomic E-state index is -4.62. The Morgan fingerprint density at radius 1 is 0.945 bits per heavy atom. The van der Waals surface area contributed by atoms with E-state index in [-0.39, 0.29) is 40.6 Å². The quantitative estimate of drug-likeness (QED) is 0.0681. The van der Waals surface area contributed by atoms with Crippen molar-refractivity contribution >= 4 is 55.4 Å². The smallest absolute Gasteiger partial charge is 0.293 e. The summed E-state index contributed by atoms with van der Waals surface area (Å²) in [6, 6.07) is 22.7. The zero-order valence-electron chi connectivity index (χ0n) is 42.1. The highest BCUT2D eigenvalue weighted by atomic mass is 32.2. The Morgan fingerprint density at radius 3 is 2.51 bits per heavy atom. The second-order valence-corrected chi connectivity index (χ2v) is 23.9. The first kappa shape index (κ1) is 49.4. The van der Waals surface area contributed by atoms with Crippen molar-refractivity contribution in [1.82, 2.24) is 19.6 Å². The van der Waals surface area contributed by atoms with E-state index in [0.717, 1.165) is 81.9 Å². The number of ether oxygens (including phenoxy) is 3. The zero-order chi connectivity index (χ0) is 50.6. The van der Waals surface area contributed by atoms with Gasteiger partial charge in [-0.2, -0.15) is 4.98 Å². The Labute approximate surface area is 427 Å². The van der Waals surface area contributed by atoms with Gasteiger partial charge in [-0.25, -0.2) is 13.1 Å². The highest BCUT2D eigenvalue weighted by Gasteiger charge is 2.50. The van der Waals surface area contributed by atoms with Crippen molar-refractivity contribution in [2.75, 3.05) is 74.3 Å². The van der Waals surface area contributed by atoms with Crippen LogP contribution in [0.15, 0.2) is 83.9 Å². The normalized spacial score (nSPS) is 25.6. The van der Waals surface area contributed by atoms with Crippen LogP contribution in [0.4, 0.5) is 28.4 Å². The average molecular weight is 1020 g/mol. The number of rotatable bonds is 12. The standard InChI is InChI=1S/C55H68N8O9S/c1-35(2)42-6-4-5-7-43(42)49-34-71-25-23-61(49)40-29-55(30-40)18-21-60(22-19-55)39-8-10-44(46(27-39)62-32-38-33-70-24-15-50(38)72-53-48(62)26-37-14-20-56-51(37)58-53)52(64)59-73(68,69)41-9-11-45(47(28-41)63(66)67)57-31-36-12-16-54(3,65)17-13-36/h4-11,14,20,26-28,35-36,38,40,49-50,57,65H,12-13,15-19,21-25,29-34H2,1-3H3,(H,56,58)(H,59,64)/t36-,38-,49-,50-,54-/m0/s1. The van der Waals surface area contributed by atoms with E-state index >= 15 is 0 Å². The maximum absolute atomic E-state index is 14.7. The fourth-order valence-corrected chi connectivity index (χ4v) is 13.6. The number of nitrogens with zero attached hydrogens (tertiary/aromatic N) is 5. The Balaban J connectivity index is 0.865. The number of nitro groups is 1. The monoisotopic (exact) mass is 1020 g/mol. The largest absolute Gasteiger partial charge is 0.472 e. The van der Waals surface area contributed by atoms with Crippen LogP contribution >= 0.6 is 0 Å². The number of carbonyl (C=O) groups excluding carboxylic acids is 1. The number of benzene rings is 3. The summed E-state index contributed by atoms with van der Waals surface area (Å²) in [5.74, 6) is 0.0460. The summed E-state index contributed by atoms with van der Waals surface area (Å²) >= 11 is 0. The molecule has 6 aliphatic rings. The first-order valence-electron chi connectivity index (χ1n) is 26.3. The fourth-order valence-electron chi connectivity index (χ4n) is 12.6. The van der Waals surface area contributed by atoms with E-state index < -0.39 is 37.0 Å². The number of piperidine rings is 1. The first-order valence-corrected chi connectivity index (χ1v) is 27.7. The number of nitrogens with one attached hydrogen (secondary N) is 3. The Bertz CT molecular complexity index is 2970. The van der Waals surface area contributed by atoms with E-state index in [1.54, 1.807) is 6.07 Å². The van der Waals surface area contributed by atoms with Crippen molar-refractivity contribution in [3.8, 4) is 5.88 Å². The molecule has 4 N–H and O–H groups in total. The average Bonchev–Trinajstić information content (AvgIpc) is 3.77. The Hall–Kier alpha value is -5.79. The summed E-state index contributed by atoms with van der Waals surface area (Å²) in [6.07, 6.45) is 9.40. The molecule has 2 aromatic heterocycles. The van der Waals surface area contributed by atoms with Gasteiger partial charge in [-0.3, -0.25) is 19.8 Å². The van der Waals surface area contributed by atoms with E-state index in [1.807, 2.05) is 42.3 Å². The van der Waals surface area contributed by atoms with Crippen LogP contribution in [-0.4, -0.2) is 116 Å². The molecule has 1 spiro atoms. The molecule has 4 aliphatic heterocycles. The molecule has 6 heterocycles. The number of sulfonamides is 1. The van der Waals surface area contributed by atoms with E-state index in [9.17, 15) is 28.4 Å². The third kappa shape index (κ3) is 10.0. The van der Waals surface area contributed by atoms with Crippen LogP contribution in [0.1, 0.15) is 112 Å². The fraction of sp³-hybridized carbons (Fsp3) is 0.527. The summed E-state index contributed by atoms with van der Waals surface area (Å²) in [7, 11) is -4.62.